The van der Waals surface area contributed by atoms with Gasteiger partial charge in [-0.05, 0) is 85.3 Å². The van der Waals surface area contributed by atoms with Gasteiger partial charge in [-0.2, -0.15) is 13.2 Å². The van der Waals surface area contributed by atoms with Crippen LogP contribution in [0.15, 0.2) is 97.1 Å². The van der Waals surface area contributed by atoms with Crippen LogP contribution in [0, 0.1) is 0 Å². The molecule has 0 aliphatic rings. The number of benzene rings is 4. The molecule has 0 aromatic heterocycles. The zero-order valence-electron chi connectivity index (χ0n) is 21.5. The highest BCUT2D eigenvalue weighted by atomic mass is 35.5. The summed E-state index contributed by atoms with van der Waals surface area (Å²) in [6.45, 7) is -0.0219. The highest BCUT2D eigenvalue weighted by molar-refractivity contribution is 6.30. The molecule has 0 amide bonds. The highest BCUT2D eigenvalue weighted by Crippen LogP contribution is 2.31. The number of carboxylic acid groups (broad SMARTS) is 1. The van der Waals surface area contributed by atoms with Crippen LogP contribution in [0.25, 0.3) is 0 Å². The molecule has 0 radical (unpaired) electrons. The molecule has 0 fully saturated rings. The van der Waals surface area contributed by atoms with Gasteiger partial charge in [-0.3, -0.25) is 4.79 Å². The lowest BCUT2D eigenvalue weighted by molar-refractivity contribution is -0.134. The lowest BCUT2D eigenvalue weighted by atomic mass is 9.99. The van der Waals surface area contributed by atoms with Crippen LogP contribution in [-0.4, -0.2) is 36.6 Å². The van der Waals surface area contributed by atoms with Gasteiger partial charge in [-0.25, -0.2) is 4.79 Å². The normalized spacial score (nSPS) is 11.2. The summed E-state index contributed by atoms with van der Waals surface area (Å²) in [7, 11) is 1.87. The molecule has 4 rings (SSSR count). The molecule has 0 heterocycles. The summed E-state index contributed by atoms with van der Waals surface area (Å²) >= 11 is 5.97. The van der Waals surface area contributed by atoms with E-state index in [0.717, 1.165) is 11.4 Å². The fourth-order valence-electron chi connectivity index (χ4n) is 4.29. The molecule has 0 spiro atoms. The van der Waals surface area contributed by atoms with E-state index in [1.807, 2.05) is 24.1 Å². The van der Waals surface area contributed by atoms with Crippen LogP contribution in [0.3, 0.4) is 0 Å². The molecule has 4 aromatic carbocycles. The smallest absolute Gasteiger partial charge is 0.389 e. The van der Waals surface area contributed by atoms with E-state index in [4.69, 9.17) is 11.6 Å². The van der Waals surface area contributed by atoms with Gasteiger partial charge >= 0.3 is 12.1 Å². The van der Waals surface area contributed by atoms with E-state index in [1.165, 1.54) is 18.2 Å². The predicted molar refractivity (Wildman–Crippen MR) is 152 cm³/mol. The van der Waals surface area contributed by atoms with Crippen molar-refractivity contribution in [2.24, 2.45) is 0 Å². The summed E-state index contributed by atoms with van der Waals surface area (Å²) < 4.78 is 38.6. The topological polar surface area (TPSA) is 60.9 Å². The summed E-state index contributed by atoms with van der Waals surface area (Å²) in [5.74, 6) is -1.66. The van der Waals surface area contributed by atoms with Gasteiger partial charge in [-0.15, -0.1) is 0 Å². The standard InChI is InChI=1S/C31H26ClF3N2O3/c1-36(26-14-10-24(32)11-15-26)25-12-8-21(9-13-25)29(38)22-18-23(30(39)40)20-28(19-22)37(17-5-16-31(33,34)35)27-6-3-2-4-7-27/h2-4,6-15,18-20H,5,16-17H2,1H3,(H,39,40). The van der Waals surface area contributed by atoms with Crippen LogP contribution in [0.1, 0.15) is 39.1 Å². The number of ketones is 1. The molecule has 0 saturated carbocycles. The lowest BCUT2D eigenvalue weighted by Gasteiger charge is -2.26. The summed E-state index contributed by atoms with van der Waals surface area (Å²) in [6.07, 6.45) is -5.51. The van der Waals surface area contributed by atoms with Crippen molar-refractivity contribution >= 4 is 46.1 Å². The van der Waals surface area contributed by atoms with E-state index >= 15 is 0 Å². The maximum atomic E-state index is 13.5. The number of halogens is 4. The SMILES string of the molecule is CN(c1ccc(Cl)cc1)c1ccc(C(=O)c2cc(C(=O)O)cc(N(CCCC(F)(F)F)c3ccccc3)c2)cc1. The fraction of sp³-hybridized carbons (Fsp3) is 0.161. The second kappa shape index (κ2) is 12.3. The predicted octanol–water partition coefficient (Wildman–Crippen LogP) is 8.52. The van der Waals surface area contributed by atoms with Gasteiger partial charge < -0.3 is 14.9 Å². The number of carbonyl (C=O) groups is 2. The largest absolute Gasteiger partial charge is 0.478 e. The molecule has 0 unspecified atom stereocenters. The number of rotatable bonds is 10. The van der Waals surface area contributed by atoms with Gasteiger partial charge in [0.1, 0.15) is 0 Å². The average molecular weight is 567 g/mol. The Balaban J connectivity index is 1.65. The Morgan fingerprint density at radius 3 is 1.90 bits per heavy atom. The minimum absolute atomic E-state index is 0.0219. The van der Waals surface area contributed by atoms with Crippen molar-refractivity contribution in [1.82, 2.24) is 0 Å². The van der Waals surface area contributed by atoms with Crippen molar-refractivity contribution < 1.29 is 27.9 Å². The molecule has 0 aliphatic carbocycles. The van der Waals surface area contributed by atoms with Crippen molar-refractivity contribution in [1.29, 1.82) is 0 Å². The second-order valence-corrected chi connectivity index (χ2v) is 9.63. The molecule has 1 N–H and O–H groups in total. The number of aromatic carboxylic acids is 1. The summed E-state index contributed by atoms with van der Waals surface area (Å²) in [6, 6.07) is 27.0. The molecule has 5 nitrogen and oxygen atoms in total. The Labute approximate surface area is 235 Å². The first kappa shape index (κ1) is 28.7. The van der Waals surface area contributed by atoms with Crippen molar-refractivity contribution in [3.05, 3.63) is 119 Å². The Bertz CT molecular complexity index is 1470. The quantitative estimate of drug-likeness (QED) is 0.195. The third kappa shape index (κ3) is 7.21. The van der Waals surface area contributed by atoms with E-state index < -0.39 is 24.3 Å². The number of para-hydroxylation sites is 1. The molecule has 40 heavy (non-hydrogen) atoms. The van der Waals surface area contributed by atoms with E-state index in [9.17, 15) is 27.9 Å². The summed E-state index contributed by atoms with van der Waals surface area (Å²) in [5.41, 5.74) is 2.93. The van der Waals surface area contributed by atoms with Crippen LogP contribution in [-0.2, 0) is 0 Å². The van der Waals surface area contributed by atoms with Crippen molar-refractivity contribution in [2.45, 2.75) is 19.0 Å². The number of alkyl halides is 3. The third-order valence-corrected chi connectivity index (χ3v) is 6.63. The van der Waals surface area contributed by atoms with Crippen molar-refractivity contribution in [3.63, 3.8) is 0 Å². The maximum Gasteiger partial charge on any atom is 0.389 e. The Kier molecular flexibility index (Phi) is 8.80. The van der Waals surface area contributed by atoms with E-state index in [1.54, 1.807) is 71.6 Å². The van der Waals surface area contributed by atoms with Crippen LogP contribution in [0.5, 0.6) is 0 Å². The third-order valence-electron chi connectivity index (χ3n) is 6.38. The van der Waals surface area contributed by atoms with Crippen molar-refractivity contribution in [3.8, 4) is 0 Å². The minimum Gasteiger partial charge on any atom is -0.478 e. The van der Waals surface area contributed by atoms with Gasteiger partial charge in [0.15, 0.2) is 5.78 Å². The minimum atomic E-state index is -4.32. The van der Waals surface area contributed by atoms with Crippen LogP contribution in [0.4, 0.5) is 35.9 Å². The van der Waals surface area contributed by atoms with Crippen molar-refractivity contribution in [2.75, 3.05) is 23.4 Å². The van der Waals surface area contributed by atoms with Crippen LogP contribution in [0.2, 0.25) is 5.02 Å². The first-order valence-corrected chi connectivity index (χ1v) is 12.8. The van der Waals surface area contributed by atoms with Gasteiger partial charge in [-0.1, -0.05) is 29.8 Å². The number of anilines is 4. The summed E-state index contributed by atoms with van der Waals surface area (Å²) in [5, 5.41) is 10.4. The van der Waals surface area contributed by atoms with Gasteiger partial charge in [0.05, 0.1) is 5.56 Å². The number of nitrogens with zero attached hydrogens (tertiary/aromatic N) is 2. The Morgan fingerprint density at radius 1 is 0.750 bits per heavy atom. The fourth-order valence-corrected chi connectivity index (χ4v) is 4.42. The monoisotopic (exact) mass is 566 g/mol. The number of carboxylic acids is 1. The molecule has 4 aromatic rings. The van der Waals surface area contributed by atoms with Crippen LogP contribution < -0.4 is 9.80 Å². The maximum absolute atomic E-state index is 13.5. The zero-order valence-corrected chi connectivity index (χ0v) is 22.3. The number of hydrogen-bond donors (Lipinski definition) is 1. The molecule has 0 aliphatic heterocycles. The van der Waals surface area contributed by atoms with E-state index in [-0.39, 0.29) is 24.1 Å². The molecule has 206 valence electrons. The van der Waals surface area contributed by atoms with Crippen LogP contribution >= 0.6 is 11.6 Å². The highest BCUT2D eigenvalue weighted by Gasteiger charge is 2.27. The molecular weight excluding hydrogens is 541 g/mol. The Morgan fingerprint density at radius 2 is 1.32 bits per heavy atom. The first-order valence-electron chi connectivity index (χ1n) is 12.4. The van der Waals surface area contributed by atoms with Gasteiger partial charge in [0.25, 0.3) is 0 Å². The lowest BCUT2D eigenvalue weighted by Crippen LogP contribution is -2.21. The van der Waals surface area contributed by atoms with Gasteiger partial charge in [0, 0.05) is 58.9 Å². The Hall–Kier alpha value is -4.30. The number of carbonyl (C=O) groups excluding carboxylic acids is 1. The molecule has 0 atom stereocenters. The van der Waals surface area contributed by atoms with E-state index in [0.29, 0.717) is 22.0 Å². The first-order chi connectivity index (χ1) is 19.0. The zero-order chi connectivity index (χ0) is 28.9. The molecule has 9 heteroatoms. The molecular formula is C31H26ClF3N2O3. The van der Waals surface area contributed by atoms with Gasteiger partial charge in [0.2, 0.25) is 0 Å². The molecule has 0 bridgehead atoms. The average Bonchev–Trinajstić information content (AvgIpc) is 2.94. The number of hydrogen-bond acceptors (Lipinski definition) is 4. The summed E-state index contributed by atoms with van der Waals surface area (Å²) in [4.78, 5) is 28.9. The second-order valence-electron chi connectivity index (χ2n) is 9.19. The van der Waals surface area contributed by atoms with E-state index in [2.05, 4.69) is 0 Å². The molecule has 0 saturated heterocycles.